The summed E-state index contributed by atoms with van der Waals surface area (Å²) in [5.74, 6) is 1.14. The average molecular weight is 397 g/mol. The number of hydrogen-bond donors (Lipinski definition) is 0. The van der Waals surface area contributed by atoms with Crippen molar-refractivity contribution in [1.82, 2.24) is 0 Å². The van der Waals surface area contributed by atoms with Gasteiger partial charge in [-0.05, 0) is 90.8 Å². The van der Waals surface area contributed by atoms with Crippen molar-refractivity contribution >= 4 is 11.6 Å². The molecule has 0 atom stereocenters. The van der Waals surface area contributed by atoms with Crippen molar-refractivity contribution in [3.8, 4) is 11.5 Å². The minimum absolute atomic E-state index is 0.0690. The smallest absolute Gasteiger partial charge is 0.127 e. The van der Waals surface area contributed by atoms with Crippen molar-refractivity contribution in [2.24, 2.45) is 0 Å². The third kappa shape index (κ3) is 5.36. The van der Waals surface area contributed by atoms with Crippen molar-refractivity contribution in [3.63, 3.8) is 0 Å². The summed E-state index contributed by atoms with van der Waals surface area (Å²) in [6, 6.07) is 20.5. The second-order valence-corrected chi connectivity index (χ2v) is 8.31. The van der Waals surface area contributed by atoms with Gasteiger partial charge in [0.15, 0.2) is 0 Å². The van der Waals surface area contributed by atoms with Crippen LogP contribution in [0.1, 0.15) is 43.4 Å². The van der Waals surface area contributed by atoms with E-state index in [9.17, 15) is 4.39 Å². The van der Waals surface area contributed by atoms with Crippen LogP contribution < -0.4 is 4.74 Å². The van der Waals surface area contributed by atoms with E-state index in [0.717, 1.165) is 35.6 Å². The van der Waals surface area contributed by atoms with Crippen molar-refractivity contribution in [2.45, 2.75) is 45.4 Å². The van der Waals surface area contributed by atoms with Crippen LogP contribution in [-0.2, 0) is 11.8 Å². The highest BCUT2D eigenvalue weighted by atomic mass is 35.5. The van der Waals surface area contributed by atoms with Gasteiger partial charge in [0.2, 0.25) is 0 Å². The van der Waals surface area contributed by atoms with Gasteiger partial charge in [-0.1, -0.05) is 49.7 Å². The molecule has 0 radical (unpaired) electrons. The Morgan fingerprint density at radius 3 is 2.39 bits per heavy atom. The van der Waals surface area contributed by atoms with Crippen molar-refractivity contribution in [3.05, 3.63) is 94.3 Å². The summed E-state index contributed by atoms with van der Waals surface area (Å²) in [5.41, 5.74) is 3.69. The van der Waals surface area contributed by atoms with Crippen LogP contribution >= 0.6 is 11.6 Å². The van der Waals surface area contributed by atoms with Crippen molar-refractivity contribution in [1.29, 1.82) is 0 Å². The van der Waals surface area contributed by atoms with Gasteiger partial charge in [0.1, 0.15) is 17.3 Å². The van der Waals surface area contributed by atoms with E-state index in [4.69, 9.17) is 16.3 Å². The van der Waals surface area contributed by atoms with E-state index in [1.807, 2.05) is 19.1 Å². The second kappa shape index (κ2) is 8.79. The molecule has 0 spiro atoms. The summed E-state index contributed by atoms with van der Waals surface area (Å²) >= 11 is 6.31. The van der Waals surface area contributed by atoms with Crippen LogP contribution in [0.2, 0.25) is 5.02 Å². The van der Waals surface area contributed by atoms with Gasteiger partial charge < -0.3 is 4.74 Å². The number of halogens is 2. The molecule has 146 valence electrons. The standard InChI is InChI=1S/C25H26ClFO/c1-18-9-10-20(17-24(18)26)25(2,3)15-5-7-19-6-4-8-23(16-19)28-22-13-11-21(27)12-14-22/h4,6,8-14,16-17H,5,7,15H2,1-3H3. The maximum Gasteiger partial charge on any atom is 0.127 e. The van der Waals surface area contributed by atoms with Crippen LogP contribution in [0.3, 0.4) is 0 Å². The van der Waals surface area contributed by atoms with E-state index < -0.39 is 0 Å². The van der Waals surface area contributed by atoms with Crippen molar-refractivity contribution < 1.29 is 9.13 Å². The number of hydrogen-bond acceptors (Lipinski definition) is 1. The molecule has 1 nitrogen and oxygen atoms in total. The first kappa shape index (κ1) is 20.4. The molecular weight excluding hydrogens is 371 g/mol. The Kier molecular flexibility index (Phi) is 6.41. The molecular formula is C25H26ClFO. The van der Waals surface area contributed by atoms with E-state index in [2.05, 4.69) is 44.2 Å². The molecule has 0 N–H and O–H groups in total. The lowest BCUT2D eigenvalue weighted by Crippen LogP contribution is -2.17. The number of aryl methyl sites for hydroxylation is 2. The molecule has 3 heteroatoms. The minimum atomic E-state index is -0.265. The Labute approximate surface area is 172 Å². The van der Waals surface area contributed by atoms with E-state index in [1.165, 1.54) is 23.3 Å². The van der Waals surface area contributed by atoms with Gasteiger partial charge in [0, 0.05) is 5.02 Å². The maximum atomic E-state index is 13.0. The van der Waals surface area contributed by atoms with Crippen LogP contribution in [0.4, 0.5) is 4.39 Å². The van der Waals surface area contributed by atoms with Crippen LogP contribution in [0.15, 0.2) is 66.7 Å². The van der Waals surface area contributed by atoms with Crippen LogP contribution in [0.5, 0.6) is 11.5 Å². The van der Waals surface area contributed by atoms with Gasteiger partial charge in [-0.2, -0.15) is 0 Å². The molecule has 0 amide bonds. The summed E-state index contributed by atoms with van der Waals surface area (Å²) in [7, 11) is 0. The third-order valence-electron chi connectivity index (χ3n) is 5.17. The van der Waals surface area contributed by atoms with E-state index in [0.29, 0.717) is 5.75 Å². The first-order valence-electron chi connectivity index (χ1n) is 9.62. The van der Waals surface area contributed by atoms with Crippen LogP contribution in [0, 0.1) is 12.7 Å². The zero-order valence-corrected chi connectivity index (χ0v) is 17.4. The van der Waals surface area contributed by atoms with Gasteiger partial charge in [-0.15, -0.1) is 0 Å². The summed E-state index contributed by atoms with van der Waals surface area (Å²) in [4.78, 5) is 0. The van der Waals surface area contributed by atoms with Gasteiger partial charge in [0.05, 0.1) is 0 Å². The predicted octanol–water partition coefficient (Wildman–Crippen LogP) is 7.88. The average Bonchev–Trinajstić information content (AvgIpc) is 2.66. The maximum absolute atomic E-state index is 13.0. The van der Waals surface area contributed by atoms with Gasteiger partial charge in [0.25, 0.3) is 0 Å². The van der Waals surface area contributed by atoms with Crippen LogP contribution in [-0.4, -0.2) is 0 Å². The first-order valence-corrected chi connectivity index (χ1v) is 10.0. The summed E-state index contributed by atoms with van der Waals surface area (Å²) in [6.07, 6.45) is 3.11. The number of rotatable bonds is 7. The quantitative estimate of drug-likeness (QED) is 0.394. The summed E-state index contributed by atoms with van der Waals surface area (Å²) in [6.45, 7) is 6.56. The third-order valence-corrected chi connectivity index (χ3v) is 5.58. The molecule has 0 aliphatic carbocycles. The lowest BCUT2D eigenvalue weighted by atomic mass is 9.79. The van der Waals surface area contributed by atoms with E-state index in [1.54, 1.807) is 12.1 Å². The van der Waals surface area contributed by atoms with E-state index in [-0.39, 0.29) is 11.2 Å². The Hall–Kier alpha value is -2.32. The largest absolute Gasteiger partial charge is 0.457 e. The summed E-state index contributed by atoms with van der Waals surface area (Å²) < 4.78 is 18.9. The molecule has 0 bridgehead atoms. The van der Waals surface area contributed by atoms with Crippen LogP contribution in [0.25, 0.3) is 0 Å². The normalized spacial score (nSPS) is 11.5. The minimum Gasteiger partial charge on any atom is -0.457 e. The fourth-order valence-electron chi connectivity index (χ4n) is 3.30. The molecule has 0 heterocycles. The molecule has 3 aromatic carbocycles. The molecule has 0 unspecified atom stereocenters. The van der Waals surface area contributed by atoms with Gasteiger partial charge in [-0.3, -0.25) is 0 Å². The molecule has 0 saturated heterocycles. The molecule has 0 saturated carbocycles. The lowest BCUT2D eigenvalue weighted by Gasteiger charge is -2.26. The highest BCUT2D eigenvalue weighted by molar-refractivity contribution is 6.31. The molecule has 0 fully saturated rings. The molecule has 0 aliphatic rings. The van der Waals surface area contributed by atoms with Gasteiger partial charge in [-0.25, -0.2) is 4.39 Å². The topological polar surface area (TPSA) is 9.23 Å². The van der Waals surface area contributed by atoms with Crippen molar-refractivity contribution in [2.75, 3.05) is 0 Å². The Bertz CT molecular complexity index is 932. The first-order chi connectivity index (χ1) is 13.3. The Morgan fingerprint density at radius 1 is 0.929 bits per heavy atom. The highest BCUT2D eigenvalue weighted by Crippen LogP contribution is 2.32. The fraction of sp³-hybridized carbons (Fsp3) is 0.280. The molecule has 28 heavy (non-hydrogen) atoms. The fourth-order valence-corrected chi connectivity index (χ4v) is 3.48. The molecule has 0 aromatic heterocycles. The van der Waals surface area contributed by atoms with E-state index >= 15 is 0 Å². The zero-order valence-electron chi connectivity index (χ0n) is 16.6. The Balaban J connectivity index is 1.59. The lowest BCUT2D eigenvalue weighted by molar-refractivity contribution is 0.459. The number of ether oxygens (including phenoxy) is 1. The Morgan fingerprint density at radius 2 is 1.68 bits per heavy atom. The van der Waals surface area contributed by atoms with Gasteiger partial charge >= 0.3 is 0 Å². The molecule has 3 aromatic rings. The highest BCUT2D eigenvalue weighted by Gasteiger charge is 2.20. The second-order valence-electron chi connectivity index (χ2n) is 7.90. The number of benzene rings is 3. The molecule has 3 rings (SSSR count). The molecule has 0 aliphatic heterocycles. The monoisotopic (exact) mass is 396 g/mol. The predicted molar refractivity (Wildman–Crippen MR) is 115 cm³/mol. The zero-order chi connectivity index (χ0) is 20.1. The summed E-state index contributed by atoms with van der Waals surface area (Å²) in [5, 5.41) is 0.830. The SMILES string of the molecule is Cc1ccc(C(C)(C)CCCc2cccc(Oc3ccc(F)cc3)c2)cc1Cl.